The van der Waals surface area contributed by atoms with Crippen LogP contribution in [0.15, 0.2) is 16.6 Å². The molecule has 1 aliphatic heterocycles. The van der Waals surface area contributed by atoms with Gasteiger partial charge in [-0.3, -0.25) is 9.59 Å². The molecule has 1 N–H and O–H groups in total. The maximum Gasteiger partial charge on any atom is 0.249 e. The van der Waals surface area contributed by atoms with Crippen molar-refractivity contribution in [1.82, 2.24) is 5.32 Å². The van der Waals surface area contributed by atoms with Crippen LogP contribution in [-0.2, 0) is 9.59 Å². The lowest BCUT2D eigenvalue weighted by atomic mass is 10.1. The van der Waals surface area contributed by atoms with Crippen LogP contribution in [0.25, 0.3) is 0 Å². The van der Waals surface area contributed by atoms with E-state index >= 15 is 0 Å². The average molecular weight is 355 g/mol. The van der Waals surface area contributed by atoms with Crippen molar-refractivity contribution in [3.8, 4) is 0 Å². The van der Waals surface area contributed by atoms with Crippen molar-refractivity contribution in [1.29, 1.82) is 0 Å². The Morgan fingerprint density at radius 2 is 2.05 bits per heavy atom. The molecule has 1 unspecified atom stereocenters. The third-order valence-electron chi connectivity index (χ3n) is 4.03. The maximum atomic E-state index is 13.6. The minimum absolute atomic E-state index is 0.0926. The zero-order valence-electron chi connectivity index (χ0n) is 11.7. The summed E-state index contributed by atoms with van der Waals surface area (Å²) in [6.07, 6.45) is 2.20. The summed E-state index contributed by atoms with van der Waals surface area (Å²) in [4.78, 5) is 26.1. The fourth-order valence-corrected chi connectivity index (χ4v) is 3.04. The second-order valence-electron chi connectivity index (χ2n) is 5.68. The summed E-state index contributed by atoms with van der Waals surface area (Å²) in [6, 6.07) is 2.57. The standard InChI is InChI=1S/C15H16BrFN2O2/c1-8-6-11(17)10(16)7-12(8)19-5-4-13(20)18-14(15(19)21)9-2-3-9/h6-7,9,14H,2-5H2,1H3,(H,18,20). The molecular formula is C15H16BrFN2O2. The summed E-state index contributed by atoms with van der Waals surface area (Å²) in [5.41, 5.74) is 1.35. The number of benzene rings is 1. The molecule has 0 aromatic heterocycles. The summed E-state index contributed by atoms with van der Waals surface area (Å²) in [5, 5.41) is 2.82. The van der Waals surface area contributed by atoms with Crippen LogP contribution < -0.4 is 10.2 Å². The quantitative estimate of drug-likeness (QED) is 0.887. The predicted octanol–water partition coefficient (Wildman–Crippen LogP) is 2.53. The molecule has 1 saturated carbocycles. The molecule has 6 heteroatoms. The number of carbonyl (C=O) groups excluding carboxylic acids is 2. The third-order valence-corrected chi connectivity index (χ3v) is 4.64. The summed E-state index contributed by atoms with van der Waals surface area (Å²) in [7, 11) is 0. The van der Waals surface area contributed by atoms with Crippen molar-refractivity contribution in [2.24, 2.45) is 5.92 Å². The van der Waals surface area contributed by atoms with E-state index in [1.54, 1.807) is 17.9 Å². The van der Waals surface area contributed by atoms with Crippen molar-refractivity contribution >= 4 is 33.4 Å². The van der Waals surface area contributed by atoms with Crippen molar-refractivity contribution in [2.75, 3.05) is 11.4 Å². The van der Waals surface area contributed by atoms with Gasteiger partial charge in [-0.05, 0) is 59.3 Å². The molecular weight excluding hydrogens is 339 g/mol. The van der Waals surface area contributed by atoms with Gasteiger partial charge in [0.05, 0.1) is 4.47 Å². The Hall–Kier alpha value is -1.43. The van der Waals surface area contributed by atoms with Crippen LogP contribution in [0.4, 0.5) is 10.1 Å². The number of aryl methyl sites for hydroxylation is 1. The number of carbonyl (C=O) groups is 2. The van der Waals surface area contributed by atoms with Gasteiger partial charge < -0.3 is 10.2 Å². The first kappa shape index (κ1) is 14.5. The van der Waals surface area contributed by atoms with Gasteiger partial charge >= 0.3 is 0 Å². The number of hydrogen-bond acceptors (Lipinski definition) is 2. The largest absolute Gasteiger partial charge is 0.344 e. The monoisotopic (exact) mass is 354 g/mol. The maximum absolute atomic E-state index is 13.6. The molecule has 1 aliphatic carbocycles. The van der Waals surface area contributed by atoms with Gasteiger partial charge in [0.1, 0.15) is 11.9 Å². The summed E-state index contributed by atoms with van der Waals surface area (Å²) in [5.74, 6) is -0.302. The molecule has 0 spiro atoms. The number of anilines is 1. The highest BCUT2D eigenvalue weighted by Gasteiger charge is 2.41. The summed E-state index contributed by atoms with van der Waals surface area (Å²) < 4.78 is 13.9. The number of rotatable bonds is 2. The number of nitrogens with one attached hydrogen (secondary N) is 1. The smallest absolute Gasteiger partial charge is 0.249 e. The van der Waals surface area contributed by atoms with Crippen molar-refractivity contribution in [3.63, 3.8) is 0 Å². The highest BCUT2D eigenvalue weighted by atomic mass is 79.9. The fraction of sp³-hybridized carbons (Fsp3) is 0.467. The average Bonchev–Trinajstić information content (AvgIpc) is 3.25. The Labute approximate surface area is 130 Å². The zero-order chi connectivity index (χ0) is 15.1. The molecule has 4 nitrogen and oxygen atoms in total. The Morgan fingerprint density at radius 1 is 1.33 bits per heavy atom. The van der Waals surface area contributed by atoms with Gasteiger partial charge in [0.25, 0.3) is 0 Å². The molecule has 2 amide bonds. The number of halogens is 2. The summed E-state index contributed by atoms with van der Waals surface area (Å²) >= 11 is 3.16. The van der Waals surface area contributed by atoms with Crippen LogP contribution in [0.3, 0.4) is 0 Å². The van der Waals surface area contributed by atoms with Gasteiger partial charge in [0.15, 0.2) is 0 Å². The van der Waals surface area contributed by atoms with E-state index in [0.717, 1.165) is 12.8 Å². The van der Waals surface area contributed by atoms with E-state index in [9.17, 15) is 14.0 Å². The number of hydrogen-bond donors (Lipinski definition) is 1. The van der Waals surface area contributed by atoms with Gasteiger partial charge in [0.2, 0.25) is 11.8 Å². The molecule has 2 aliphatic rings. The molecule has 1 aromatic rings. The molecule has 1 saturated heterocycles. The van der Waals surface area contributed by atoms with E-state index in [4.69, 9.17) is 0 Å². The van der Waals surface area contributed by atoms with Crippen LogP contribution in [0.5, 0.6) is 0 Å². The fourth-order valence-electron chi connectivity index (χ4n) is 2.71. The molecule has 21 heavy (non-hydrogen) atoms. The van der Waals surface area contributed by atoms with E-state index in [2.05, 4.69) is 21.2 Å². The molecule has 2 fully saturated rings. The second kappa shape index (κ2) is 5.40. The normalized spacial score (nSPS) is 23.0. The molecule has 0 bridgehead atoms. The van der Waals surface area contributed by atoms with Crippen LogP contribution in [-0.4, -0.2) is 24.4 Å². The highest BCUT2D eigenvalue weighted by Crippen LogP contribution is 2.36. The van der Waals surface area contributed by atoms with Crippen LogP contribution in [0, 0.1) is 18.7 Å². The lowest BCUT2D eigenvalue weighted by molar-refractivity contribution is -0.126. The first-order valence-electron chi connectivity index (χ1n) is 7.04. The number of amides is 2. The zero-order valence-corrected chi connectivity index (χ0v) is 13.2. The Kier molecular flexibility index (Phi) is 3.73. The third kappa shape index (κ3) is 2.81. The van der Waals surface area contributed by atoms with Crippen molar-refractivity contribution in [2.45, 2.75) is 32.2 Å². The Morgan fingerprint density at radius 3 is 2.71 bits per heavy atom. The van der Waals surface area contributed by atoms with E-state index in [1.165, 1.54) is 6.07 Å². The minimum Gasteiger partial charge on any atom is -0.344 e. The van der Waals surface area contributed by atoms with E-state index in [0.29, 0.717) is 22.3 Å². The van der Waals surface area contributed by atoms with Crippen molar-refractivity contribution < 1.29 is 14.0 Å². The molecule has 0 radical (unpaired) electrons. The molecule has 3 rings (SSSR count). The molecule has 1 aromatic carbocycles. The first-order valence-corrected chi connectivity index (χ1v) is 7.83. The first-order chi connectivity index (χ1) is 9.97. The Bertz CT molecular complexity index is 616. The lowest BCUT2D eigenvalue weighted by Crippen LogP contribution is -2.46. The second-order valence-corrected chi connectivity index (χ2v) is 6.53. The predicted molar refractivity (Wildman–Crippen MR) is 80.5 cm³/mol. The van der Waals surface area contributed by atoms with Gasteiger partial charge in [-0.2, -0.15) is 0 Å². The van der Waals surface area contributed by atoms with E-state index in [1.807, 2.05) is 0 Å². The van der Waals surface area contributed by atoms with Gasteiger partial charge in [-0.1, -0.05) is 0 Å². The SMILES string of the molecule is Cc1cc(F)c(Br)cc1N1CCC(=O)NC(C2CC2)C1=O. The van der Waals surface area contributed by atoms with Gasteiger partial charge in [-0.15, -0.1) is 0 Å². The van der Waals surface area contributed by atoms with Gasteiger partial charge in [-0.25, -0.2) is 4.39 Å². The van der Waals surface area contributed by atoms with E-state index in [-0.39, 0.29) is 30.0 Å². The minimum atomic E-state index is -0.441. The van der Waals surface area contributed by atoms with Crippen LogP contribution in [0.1, 0.15) is 24.8 Å². The summed E-state index contributed by atoms with van der Waals surface area (Å²) in [6.45, 7) is 2.09. The topological polar surface area (TPSA) is 49.4 Å². The Balaban J connectivity index is 1.97. The lowest BCUT2D eigenvalue weighted by Gasteiger charge is -2.26. The highest BCUT2D eigenvalue weighted by molar-refractivity contribution is 9.10. The van der Waals surface area contributed by atoms with Gasteiger partial charge in [0, 0.05) is 18.7 Å². The van der Waals surface area contributed by atoms with Crippen LogP contribution in [0.2, 0.25) is 0 Å². The molecule has 112 valence electrons. The van der Waals surface area contributed by atoms with Crippen molar-refractivity contribution in [3.05, 3.63) is 28.0 Å². The van der Waals surface area contributed by atoms with E-state index < -0.39 is 6.04 Å². The molecule has 1 atom stereocenters. The molecule has 1 heterocycles. The number of nitrogens with zero attached hydrogens (tertiary/aromatic N) is 1. The van der Waals surface area contributed by atoms with Crippen LogP contribution >= 0.6 is 15.9 Å².